The number of nitrogens with zero attached hydrogens (tertiary/aromatic N) is 1. The number of hydrogen-bond donors (Lipinski definition) is 1. The number of halogens is 3. The summed E-state index contributed by atoms with van der Waals surface area (Å²) in [5, 5.41) is 0. The molecule has 2 rings (SSSR count). The lowest BCUT2D eigenvalue weighted by Crippen LogP contribution is -2.32. The number of likely N-dealkylation sites (tertiary alicyclic amines) is 1. The first kappa shape index (κ1) is 15.2. The van der Waals surface area contributed by atoms with E-state index in [9.17, 15) is 4.79 Å². The lowest BCUT2D eigenvalue weighted by atomic mass is 10.2. The highest BCUT2D eigenvalue weighted by Gasteiger charge is 2.25. The summed E-state index contributed by atoms with van der Waals surface area (Å²) in [7, 11) is 0. The fraction of sp³-hybridized carbons (Fsp3) is 0.364. The second-order valence-electron chi connectivity index (χ2n) is 3.92. The van der Waals surface area contributed by atoms with Crippen LogP contribution in [0.25, 0.3) is 0 Å². The van der Waals surface area contributed by atoms with Crippen molar-refractivity contribution in [3.8, 4) is 0 Å². The molecule has 0 radical (unpaired) electrons. The zero-order valence-corrected chi connectivity index (χ0v) is 13.6. The normalized spacial score (nSPS) is 19.0. The molecular weight excluding hydrogens is 418 g/mol. The molecule has 1 aliphatic rings. The van der Waals surface area contributed by atoms with Gasteiger partial charge in [0.25, 0.3) is 5.91 Å². The minimum absolute atomic E-state index is 0. The van der Waals surface area contributed by atoms with Gasteiger partial charge in [-0.15, -0.1) is 12.4 Å². The van der Waals surface area contributed by atoms with Gasteiger partial charge < -0.3 is 10.6 Å². The summed E-state index contributed by atoms with van der Waals surface area (Å²) in [6.07, 6.45) is 0.899. The molecule has 0 unspecified atom stereocenters. The Labute approximate surface area is 129 Å². The Morgan fingerprint density at radius 2 is 2.24 bits per heavy atom. The van der Waals surface area contributed by atoms with E-state index in [1.165, 1.54) is 0 Å². The Balaban J connectivity index is 0.00000144. The fourth-order valence-corrected chi connectivity index (χ4v) is 2.73. The van der Waals surface area contributed by atoms with Crippen LogP contribution in [0.15, 0.2) is 22.7 Å². The Kier molecular flexibility index (Phi) is 5.69. The van der Waals surface area contributed by atoms with Gasteiger partial charge in [-0.3, -0.25) is 4.79 Å². The third-order valence-electron chi connectivity index (χ3n) is 2.67. The molecule has 3 nitrogen and oxygen atoms in total. The maximum absolute atomic E-state index is 12.2. The van der Waals surface area contributed by atoms with E-state index in [-0.39, 0.29) is 24.4 Å². The summed E-state index contributed by atoms with van der Waals surface area (Å²) in [5.41, 5.74) is 6.56. The molecule has 0 bridgehead atoms. The molecule has 1 amide bonds. The van der Waals surface area contributed by atoms with Crippen molar-refractivity contribution >= 4 is 56.8 Å². The molecule has 1 heterocycles. The van der Waals surface area contributed by atoms with Gasteiger partial charge in [0.15, 0.2) is 0 Å². The van der Waals surface area contributed by atoms with Crippen LogP contribution in [0, 0.1) is 3.57 Å². The molecule has 1 aromatic carbocycles. The molecule has 1 saturated heterocycles. The van der Waals surface area contributed by atoms with Crippen LogP contribution >= 0.6 is 50.9 Å². The minimum atomic E-state index is 0. The molecule has 0 aliphatic carbocycles. The Morgan fingerprint density at radius 3 is 2.82 bits per heavy atom. The van der Waals surface area contributed by atoms with Crippen LogP contribution in [0.3, 0.4) is 0 Å². The first-order chi connectivity index (χ1) is 7.58. The summed E-state index contributed by atoms with van der Waals surface area (Å²) in [5.74, 6) is 0.0821. The van der Waals surface area contributed by atoms with E-state index in [2.05, 4.69) is 38.5 Å². The van der Waals surface area contributed by atoms with E-state index in [0.29, 0.717) is 6.54 Å². The van der Waals surface area contributed by atoms with Gasteiger partial charge in [0.1, 0.15) is 0 Å². The molecule has 0 saturated carbocycles. The van der Waals surface area contributed by atoms with Crippen LogP contribution in [0.4, 0.5) is 0 Å². The van der Waals surface area contributed by atoms with Crippen LogP contribution in [-0.2, 0) is 0 Å². The third kappa shape index (κ3) is 3.56. The van der Waals surface area contributed by atoms with Crippen LogP contribution < -0.4 is 5.73 Å². The number of carbonyl (C=O) groups excluding carboxylic acids is 1. The predicted octanol–water partition coefficient (Wildman–Crippen LogP) is 2.65. The Bertz CT molecular complexity index is 430. The van der Waals surface area contributed by atoms with Crippen molar-refractivity contribution in [2.24, 2.45) is 5.73 Å². The maximum Gasteiger partial charge on any atom is 0.255 e. The van der Waals surface area contributed by atoms with Crippen molar-refractivity contribution < 1.29 is 4.79 Å². The minimum Gasteiger partial charge on any atom is -0.337 e. The smallest absolute Gasteiger partial charge is 0.255 e. The molecule has 1 aromatic rings. The van der Waals surface area contributed by atoms with Crippen molar-refractivity contribution in [2.75, 3.05) is 13.1 Å². The number of benzene rings is 1. The Hall–Kier alpha value is 0.150. The van der Waals surface area contributed by atoms with Crippen LogP contribution in [0.5, 0.6) is 0 Å². The van der Waals surface area contributed by atoms with E-state index in [4.69, 9.17) is 5.73 Å². The van der Waals surface area contributed by atoms with Gasteiger partial charge in [-0.25, -0.2) is 0 Å². The molecule has 1 fully saturated rings. The topological polar surface area (TPSA) is 46.3 Å². The third-order valence-corrected chi connectivity index (χ3v) is 4.10. The van der Waals surface area contributed by atoms with Crippen LogP contribution in [0.2, 0.25) is 0 Å². The molecule has 0 aromatic heterocycles. The molecule has 2 N–H and O–H groups in total. The SMILES string of the molecule is Cl.N[C@H]1CCN(C(=O)c2cc(Br)ccc2I)C1. The van der Waals surface area contributed by atoms with Gasteiger partial charge in [0.05, 0.1) is 5.56 Å². The summed E-state index contributed by atoms with van der Waals surface area (Å²) in [6, 6.07) is 5.88. The molecule has 1 aliphatic heterocycles. The van der Waals surface area contributed by atoms with E-state index >= 15 is 0 Å². The lowest BCUT2D eigenvalue weighted by molar-refractivity contribution is 0.0790. The lowest BCUT2D eigenvalue weighted by Gasteiger charge is -2.16. The summed E-state index contributed by atoms with van der Waals surface area (Å²) >= 11 is 5.57. The second kappa shape index (κ2) is 6.36. The average molecular weight is 431 g/mol. The van der Waals surface area contributed by atoms with E-state index in [0.717, 1.165) is 26.6 Å². The van der Waals surface area contributed by atoms with E-state index in [1.54, 1.807) is 0 Å². The van der Waals surface area contributed by atoms with Crippen LogP contribution in [0.1, 0.15) is 16.8 Å². The number of nitrogens with two attached hydrogens (primary N) is 1. The summed E-state index contributed by atoms with van der Waals surface area (Å²) in [6.45, 7) is 1.43. The van der Waals surface area contributed by atoms with Gasteiger partial charge in [0.2, 0.25) is 0 Å². The summed E-state index contributed by atoms with van der Waals surface area (Å²) in [4.78, 5) is 14.0. The molecule has 17 heavy (non-hydrogen) atoms. The zero-order valence-electron chi connectivity index (χ0n) is 9.03. The number of hydrogen-bond acceptors (Lipinski definition) is 2. The fourth-order valence-electron chi connectivity index (χ4n) is 1.80. The second-order valence-corrected chi connectivity index (χ2v) is 6.00. The van der Waals surface area contributed by atoms with Crippen LogP contribution in [-0.4, -0.2) is 29.9 Å². The molecule has 6 heteroatoms. The van der Waals surface area contributed by atoms with Crippen molar-refractivity contribution in [3.05, 3.63) is 31.8 Å². The number of amides is 1. The molecular formula is C11H13BrClIN2O. The van der Waals surface area contributed by atoms with Gasteiger partial charge in [-0.1, -0.05) is 15.9 Å². The molecule has 94 valence electrons. The van der Waals surface area contributed by atoms with Gasteiger partial charge >= 0.3 is 0 Å². The Morgan fingerprint density at radius 1 is 1.53 bits per heavy atom. The zero-order chi connectivity index (χ0) is 11.7. The van der Waals surface area contributed by atoms with Crippen molar-refractivity contribution in [1.82, 2.24) is 4.90 Å². The molecule has 0 spiro atoms. The first-order valence-electron chi connectivity index (χ1n) is 5.08. The van der Waals surface area contributed by atoms with Crippen molar-refractivity contribution in [3.63, 3.8) is 0 Å². The van der Waals surface area contributed by atoms with Gasteiger partial charge in [-0.05, 0) is 47.2 Å². The van der Waals surface area contributed by atoms with Gasteiger partial charge in [0, 0.05) is 27.2 Å². The molecule has 1 atom stereocenters. The quantitative estimate of drug-likeness (QED) is 0.695. The number of rotatable bonds is 1. The standard InChI is InChI=1S/C11H12BrIN2O.ClH/c12-7-1-2-10(13)9(5-7)11(16)15-4-3-8(14)6-15;/h1-2,5,8H,3-4,6,14H2;1H/t8-;/m0./s1. The van der Waals surface area contributed by atoms with E-state index in [1.807, 2.05) is 23.1 Å². The van der Waals surface area contributed by atoms with Crippen molar-refractivity contribution in [1.29, 1.82) is 0 Å². The average Bonchev–Trinajstić information content (AvgIpc) is 2.67. The summed E-state index contributed by atoms with van der Waals surface area (Å²) < 4.78 is 1.91. The highest BCUT2D eigenvalue weighted by molar-refractivity contribution is 14.1. The highest BCUT2D eigenvalue weighted by atomic mass is 127. The highest BCUT2D eigenvalue weighted by Crippen LogP contribution is 2.21. The van der Waals surface area contributed by atoms with Crippen molar-refractivity contribution in [2.45, 2.75) is 12.5 Å². The first-order valence-corrected chi connectivity index (χ1v) is 6.95. The predicted molar refractivity (Wildman–Crippen MR) is 82.6 cm³/mol. The van der Waals surface area contributed by atoms with Gasteiger partial charge in [-0.2, -0.15) is 0 Å². The maximum atomic E-state index is 12.2. The van der Waals surface area contributed by atoms with E-state index < -0.39 is 0 Å². The monoisotopic (exact) mass is 430 g/mol. The number of carbonyl (C=O) groups is 1. The largest absolute Gasteiger partial charge is 0.337 e.